The van der Waals surface area contributed by atoms with Crippen LogP contribution in [0.5, 0.6) is 5.75 Å². The number of rotatable bonds is 9. The Hall–Kier alpha value is -2.60. The number of nitriles is 1. The lowest BCUT2D eigenvalue weighted by Gasteiger charge is -2.27. The maximum atomic E-state index is 12.6. The van der Waals surface area contributed by atoms with Gasteiger partial charge < -0.3 is 4.74 Å². The van der Waals surface area contributed by atoms with Crippen molar-refractivity contribution in [3.05, 3.63) is 64.7 Å². The van der Waals surface area contributed by atoms with Gasteiger partial charge in [0.05, 0.1) is 11.5 Å². The molecule has 0 amide bonds. The second-order valence-corrected chi connectivity index (χ2v) is 8.99. The van der Waals surface area contributed by atoms with Gasteiger partial charge in [0.2, 0.25) is 0 Å². The van der Waals surface area contributed by atoms with Gasteiger partial charge in [-0.1, -0.05) is 62.9 Å². The highest BCUT2D eigenvalue weighted by molar-refractivity contribution is 5.76. The molecule has 3 heteroatoms. The van der Waals surface area contributed by atoms with Crippen LogP contribution in [0, 0.1) is 24.2 Å². The molecule has 2 aromatic carbocycles. The molecule has 0 atom stereocenters. The summed E-state index contributed by atoms with van der Waals surface area (Å²) in [5, 5.41) is 9.29. The average molecular weight is 418 g/mol. The zero-order valence-electron chi connectivity index (χ0n) is 19.0. The van der Waals surface area contributed by atoms with Crippen molar-refractivity contribution in [3.8, 4) is 11.8 Å². The number of unbranched alkanes of at least 4 members (excludes halogenated alkanes) is 4. The summed E-state index contributed by atoms with van der Waals surface area (Å²) in [6.07, 6.45) is 11.5. The van der Waals surface area contributed by atoms with Crippen molar-refractivity contribution in [3.63, 3.8) is 0 Å². The molecule has 1 fully saturated rings. The number of nitrogens with zero attached hydrogens (tertiary/aromatic N) is 1. The molecular formula is C28H35NO2. The fourth-order valence-corrected chi connectivity index (χ4v) is 4.56. The molecule has 31 heavy (non-hydrogen) atoms. The summed E-state index contributed by atoms with van der Waals surface area (Å²) in [6.45, 7) is 4.18. The molecular weight excluding hydrogens is 382 g/mol. The highest BCUT2D eigenvalue weighted by atomic mass is 16.5. The van der Waals surface area contributed by atoms with Gasteiger partial charge in [-0.2, -0.15) is 5.26 Å². The third kappa shape index (κ3) is 6.69. The molecule has 1 aliphatic carbocycles. The minimum Gasteiger partial charge on any atom is -0.425 e. The summed E-state index contributed by atoms with van der Waals surface area (Å²) in [4.78, 5) is 12.6. The molecule has 3 nitrogen and oxygen atoms in total. The third-order valence-corrected chi connectivity index (χ3v) is 6.55. The summed E-state index contributed by atoms with van der Waals surface area (Å²) < 4.78 is 5.59. The summed E-state index contributed by atoms with van der Waals surface area (Å²) in [5.74, 6) is 0.630. The maximum Gasteiger partial charge on any atom is 0.314 e. The number of carbonyl (C=O) groups is 1. The molecule has 1 aliphatic rings. The van der Waals surface area contributed by atoms with E-state index >= 15 is 0 Å². The fourth-order valence-electron chi connectivity index (χ4n) is 4.56. The summed E-state index contributed by atoms with van der Waals surface area (Å²) in [5.41, 5.74) is 4.24. The van der Waals surface area contributed by atoms with Crippen molar-refractivity contribution in [1.82, 2.24) is 0 Å². The van der Waals surface area contributed by atoms with Crippen LogP contribution >= 0.6 is 0 Å². The van der Waals surface area contributed by atoms with Crippen molar-refractivity contribution in [2.45, 2.75) is 84.0 Å². The lowest BCUT2D eigenvalue weighted by Crippen LogP contribution is -2.25. The van der Waals surface area contributed by atoms with Crippen LogP contribution in [0.4, 0.5) is 0 Å². The molecule has 0 saturated heterocycles. The lowest BCUT2D eigenvalue weighted by molar-refractivity contribution is -0.140. The Labute approximate surface area is 187 Å². The molecule has 1 saturated carbocycles. The van der Waals surface area contributed by atoms with Crippen LogP contribution in [0.2, 0.25) is 0 Å². The van der Waals surface area contributed by atoms with E-state index in [-0.39, 0.29) is 11.9 Å². The second-order valence-electron chi connectivity index (χ2n) is 8.99. The van der Waals surface area contributed by atoms with E-state index in [0.717, 1.165) is 31.2 Å². The molecule has 0 heterocycles. The van der Waals surface area contributed by atoms with Crippen LogP contribution in [-0.2, 0) is 11.2 Å². The highest BCUT2D eigenvalue weighted by Gasteiger charge is 2.29. The van der Waals surface area contributed by atoms with Gasteiger partial charge in [-0.15, -0.1) is 0 Å². The Morgan fingerprint density at radius 3 is 2.39 bits per heavy atom. The largest absolute Gasteiger partial charge is 0.425 e. The quantitative estimate of drug-likeness (QED) is 0.245. The van der Waals surface area contributed by atoms with Gasteiger partial charge in [0, 0.05) is 0 Å². The van der Waals surface area contributed by atoms with Gasteiger partial charge in [0.1, 0.15) is 11.8 Å². The van der Waals surface area contributed by atoms with Crippen LogP contribution in [0.25, 0.3) is 0 Å². The SMILES string of the molecule is CCCCCCCc1ccc(C2CCC(C(=O)Oc3ccc(C)cc3C#N)CC2)cc1. The molecule has 164 valence electrons. The average Bonchev–Trinajstić information content (AvgIpc) is 2.80. The third-order valence-electron chi connectivity index (χ3n) is 6.55. The van der Waals surface area contributed by atoms with Gasteiger partial charge in [-0.25, -0.2) is 0 Å². The number of ether oxygens (including phenoxy) is 1. The number of aryl methyl sites for hydroxylation is 2. The van der Waals surface area contributed by atoms with E-state index in [1.807, 2.05) is 13.0 Å². The molecule has 0 aliphatic heterocycles. The number of carbonyl (C=O) groups excluding carboxylic acids is 1. The van der Waals surface area contributed by atoms with Crippen LogP contribution < -0.4 is 4.74 Å². The first-order chi connectivity index (χ1) is 15.1. The first-order valence-electron chi connectivity index (χ1n) is 11.9. The smallest absolute Gasteiger partial charge is 0.314 e. The van der Waals surface area contributed by atoms with Crippen molar-refractivity contribution in [1.29, 1.82) is 5.26 Å². The topological polar surface area (TPSA) is 50.1 Å². The molecule has 0 bridgehead atoms. The lowest BCUT2D eigenvalue weighted by atomic mass is 9.78. The molecule has 0 spiro atoms. The minimum atomic E-state index is -0.197. The number of esters is 1. The zero-order chi connectivity index (χ0) is 22.1. The van der Waals surface area contributed by atoms with E-state index in [9.17, 15) is 10.1 Å². The number of hydrogen-bond acceptors (Lipinski definition) is 3. The first-order valence-corrected chi connectivity index (χ1v) is 11.9. The second kappa shape index (κ2) is 11.7. The minimum absolute atomic E-state index is 0.0773. The monoisotopic (exact) mass is 417 g/mol. The van der Waals surface area contributed by atoms with Crippen molar-refractivity contribution >= 4 is 5.97 Å². The standard InChI is InChI=1S/C28H35NO2/c1-3-4-5-6-7-8-22-10-12-23(13-11-22)24-14-16-25(17-15-24)28(30)31-27-18-9-21(2)19-26(27)20-29/h9-13,18-19,24-25H,3-8,14-17H2,1-2H3. The van der Waals surface area contributed by atoms with Crippen LogP contribution in [-0.4, -0.2) is 5.97 Å². The highest BCUT2D eigenvalue weighted by Crippen LogP contribution is 2.36. The number of hydrogen-bond donors (Lipinski definition) is 0. The van der Waals surface area contributed by atoms with Gasteiger partial charge in [-0.05, 0) is 80.2 Å². The zero-order valence-corrected chi connectivity index (χ0v) is 19.0. The Bertz CT molecular complexity index is 886. The van der Waals surface area contributed by atoms with E-state index < -0.39 is 0 Å². The molecule has 0 unspecified atom stereocenters. The van der Waals surface area contributed by atoms with Crippen LogP contribution in [0.15, 0.2) is 42.5 Å². The summed E-state index contributed by atoms with van der Waals surface area (Å²) in [7, 11) is 0. The fraction of sp³-hybridized carbons (Fsp3) is 0.500. The molecule has 2 aromatic rings. The van der Waals surface area contributed by atoms with E-state index in [0.29, 0.717) is 17.2 Å². The Balaban J connectivity index is 1.47. The predicted molar refractivity (Wildman–Crippen MR) is 125 cm³/mol. The van der Waals surface area contributed by atoms with E-state index in [2.05, 4.69) is 37.3 Å². The summed E-state index contributed by atoms with van der Waals surface area (Å²) >= 11 is 0. The first kappa shape index (κ1) is 23.1. The van der Waals surface area contributed by atoms with Gasteiger partial charge in [0.25, 0.3) is 0 Å². The van der Waals surface area contributed by atoms with E-state index in [1.165, 1.54) is 49.7 Å². The van der Waals surface area contributed by atoms with E-state index in [1.54, 1.807) is 12.1 Å². The molecule has 3 rings (SSSR count). The van der Waals surface area contributed by atoms with E-state index in [4.69, 9.17) is 4.74 Å². The van der Waals surface area contributed by atoms with Gasteiger partial charge in [-0.3, -0.25) is 4.79 Å². The molecule has 0 radical (unpaired) electrons. The summed E-state index contributed by atoms with van der Waals surface area (Å²) in [6, 6.07) is 16.6. The molecule has 0 N–H and O–H groups in total. The Morgan fingerprint density at radius 1 is 1.00 bits per heavy atom. The Kier molecular flexibility index (Phi) is 8.71. The normalized spacial score (nSPS) is 18.4. The Morgan fingerprint density at radius 2 is 1.71 bits per heavy atom. The van der Waals surface area contributed by atoms with Gasteiger partial charge in [0.15, 0.2) is 0 Å². The molecule has 0 aromatic heterocycles. The van der Waals surface area contributed by atoms with Crippen molar-refractivity contribution in [2.24, 2.45) is 5.92 Å². The van der Waals surface area contributed by atoms with Crippen molar-refractivity contribution in [2.75, 3.05) is 0 Å². The number of benzene rings is 2. The predicted octanol–water partition coefficient (Wildman–Crippen LogP) is 7.26. The van der Waals surface area contributed by atoms with Crippen LogP contribution in [0.1, 0.15) is 92.9 Å². The van der Waals surface area contributed by atoms with Crippen LogP contribution in [0.3, 0.4) is 0 Å². The van der Waals surface area contributed by atoms with Gasteiger partial charge >= 0.3 is 5.97 Å². The maximum absolute atomic E-state index is 12.6. The van der Waals surface area contributed by atoms with Crippen molar-refractivity contribution < 1.29 is 9.53 Å².